The summed E-state index contributed by atoms with van der Waals surface area (Å²) in [6.07, 6.45) is 7.85. The van der Waals surface area contributed by atoms with Gasteiger partial charge in [-0.15, -0.1) is 0 Å². The molecule has 0 bridgehead atoms. The van der Waals surface area contributed by atoms with E-state index in [0.717, 1.165) is 6.42 Å². The zero-order chi connectivity index (χ0) is 8.10. The first-order valence-corrected chi connectivity index (χ1v) is 4.26. The summed E-state index contributed by atoms with van der Waals surface area (Å²) in [5, 5.41) is 6.81. The van der Waals surface area contributed by atoms with Crippen LogP contribution >= 0.6 is 0 Å². The highest BCUT2D eigenvalue weighted by atomic mass is 15.1. The van der Waals surface area contributed by atoms with E-state index >= 15 is 0 Å². The molecule has 61 valence electrons. The van der Waals surface area contributed by atoms with Crippen molar-refractivity contribution in [3.63, 3.8) is 0 Å². The molecule has 0 fully saturated rings. The summed E-state index contributed by atoms with van der Waals surface area (Å²) in [5.74, 6) is 0. The Labute approximate surface area is 68.0 Å². The summed E-state index contributed by atoms with van der Waals surface area (Å²) in [7, 11) is 0. The van der Waals surface area contributed by atoms with Crippen LogP contribution in [0.5, 0.6) is 0 Å². The van der Waals surface area contributed by atoms with Gasteiger partial charge in [0.1, 0.15) is 6.20 Å². The number of hydrogen-bond acceptors (Lipinski definition) is 1. The lowest BCUT2D eigenvalue weighted by Gasteiger charge is -1.96. The van der Waals surface area contributed by atoms with Crippen molar-refractivity contribution >= 4 is 0 Å². The first-order valence-electron chi connectivity index (χ1n) is 4.26. The summed E-state index contributed by atoms with van der Waals surface area (Å²) in [6, 6.07) is 0. The second-order valence-electron chi connectivity index (χ2n) is 2.90. The van der Waals surface area contributed by atoms with Crippen molar-refractivity contribution in [2.24, 2.45) is 0 Å². The molecule has 0 saturated heterocycles. The molecule has 1 radical (unpaired) electrons. The van der Waals surface area contributed by atoms with Crippen molar-refractivity contribution in [3.8, 4) is 0 Å². The third-order valence-corrected chi connectivity index (χ3v) is 1.90. The van der Waals surface area contributed by atoms with E-state index in [1.54, 1.807) is 0 Å². The van der Waals surface area contributed by atoms with Crippen LogP contribution in [0.25, 0.3) is 0 Å². The van der Waals surface area contributed by atoms with Gasteiger partial charge in [0.15, 0.2) is 0 Å². The smallest absolute Gasteiger partial charge is 0.116 e. The van der Waals surface area contributed by atoms with Crippen LogP contribution < -0.4 is 0 Å². The van der Waals surface area contributed by atoms with Crippen LogP contribution in [0.2, 0.25) is 0 Å². The van der Waals surface area contributed by atoms with Gasteiger partial charge >= 0.3 is 0 Å². The molecule has 0 saturated carbocycles. The summed E-state index contributed by atoms with van der Waals surface area (Å²) in [5.41, 5.74) is 2.42. The van der Waals surface area contributed by atoms with Crippen LogP contribution in [0.1, 0.15) is 37.4 Å². The quantitative estimate of drug-likeness (QED) is 0.657. The van der Waals surface area contributed by atoms with Crippen molar-refractivity contribution in [1.82, 2.24) is 10.2 Å². The Kier molecular flexibility index (Phi) is 3.14. The third kappa shape index (κ3) is 2.37. The molecule has 1 aromatic rings. The zero-order valence-corrected chi connectivity index (χ0v) is 7.28. The molecule has 0 spiro atoms. The molecule has 2 heteroatoms. The SMILES string of the molecule is CCCCCc1[nH]n[c]c1C. The van der Waals surface area contributed by atoms with Gasteiger partial charge in [0.2, 0.25) is 0 Å². The second-order valence-corrected chi connectivity index (χ2v) is 2.90. The number of nitrogens with one attached hydrogen (secondary N) is 1. The average Bonchev–Trinajstić information content (AvgIpc) is 2.37. The predicted octanol–water partition coefficient (Wildman–Crippen LogP) is 2.25. The Balaban J connectivity index is 2.32. The standard InChI is InChI=1S/C9H15N2/c1-3-4-5-6-9-8(2)7-10-11-9/h3-6H2,1-2H3,(H,10,11). The molecule has 1 rings (SSSR count). The molecular formula is C9H15N2. The van der Waals surface area contributed by atoms with Gasteiger partial charge in [-0.1, -0.05) is 19.8 Å². The Morgan fingerprint density at radius 1 is 1.45 bits per heavy atom. The van der Waals surface area contributed by atoms with E-state index in [0.29, 0.717) is 0 Å². The van der Waals surface area contributed by atoms with Gasteiger partial charge in [-0.05, 0) is 25.3 Å². The van der Waals surface area contributed by atoms with E-state index in [1.165, 1.54) is 30.5 Å². The van der Waals surface area contributed by atoms with Gasteiger partial charge in [-0.2, -0.15) is 5.10 Å². The van der Waals surface area contributed by atoms with E-state index in [9.17, 15) is 0 Å². The van der Waals surface area contributed by atoms with Crippen molar-refractivity contribution < 1.29 is 0 Å². The number of rotatable bonds is 4. The highest BCUT2D eigenvalue weighted by Gasteiger charge is 1.98. The molecular weight excluding hydrogens is 136 g/mol. The van der Waals surface area contributed by atoms with Gasteiger partial charge in [0, 0.05) is 5.69 Å². The van der Waals surface area contributed by atoms with Crippen LogP contribution in [0.15, 0.2) is 0 Å². The van der Waals surface area contributed by atoms with E-state index < -0.39 is 0 Å². The minimum Gasteiger partial charge on any atom is -0.282 e. The molecule has 0 amide bonds. The van der Waals surface area contributed by atoms with Crippen molar-refractivity contribution in [2.75, 3.05) is 0 Å². The lowest BCUT2D eigenvalue weighted by atomic mass is 10.1. The molecule has 1 N–H and O–H groups in total. The van der Waals surface area contributed by atoms with Gasteiger partial charge < -0.3 is 0 Å². The fourth-order valence-electron chi connectivity index (χ4n) is 1.13. The molecule has 0 atom stereocenters. The number of nitrogens with zero attached hydrogens (tertiary/aromatic N) is 1. The number of aromatic amines is 1. The Hall–Kier alpha value is -0.790. The number of aryl methyl sites for hydroxylation is 2. The third-order valence-electron chi connectivity index (χ3n) is 1.90. The monoisotopic (exact) mass is 151 g/mol. The Morgan fingerprint density at radius 3 is 2.82 bits per heavy atom. The van der Waals surface area contributed by atoms with Gasteiger partial charge in [-0.3, -0.25) is 5.10 Å². The van der Waals surface area contributed by atoms with Crippen molar-refractivity contribution in [1.29, 1.82) is 0 Å². The normalized spacial score (nSPS) is 10.4. The summed E-state index contributed by atoms with van der Waals surface area (Å²) < 4.78 is 0. The summed E-state index contributed by atoms with van der Waals surface area (Å²) in [4.78, 5) is 0. The fourth-order valence-corrected chi connectivity index (χ4v) is 1.13. The van der Waals surface area contributed by atoms with Crippen LogP contribution in [-0.4, -0.2) is 10.2 Å². The second kappa shape index (κ2) is 4.16. The Bertz CT molecular complexity index is 203. The first kappa shape index (κ1) is 8.31. The average molecular weight is 151 g/mol. The molecule has 0 unspecified atom stereocenters. The predicted molar refractivity (Wildman–Crippen MR) is 45.4 cm³/mol. The van der Waals surface area contributed by atoms with Crippen LogP contribution in [0, 0.1) is 13.1 Å². The molecule has 0 aliphatic carbocycles. The maximum Gasteiger partial charge on any atom is 0.116 e. The maximum atomic E-state index is 3.85. The lowest BCUT2D eigenvalue weighted by Crippen LogP contribution is -1.87. The maximum absolute atomic E-state index is 3.85. The van der Waals surface area contributed by atoms with Crippen LogP contribution in [-0.2, 0) is 6.42 Å². The molecule has 1 aromatic heterocycles. The molecule has 11 heavy (non-hydrogen) atoms. The summed E-state index contributed by atoms with van der Waals surface area (Å²) in [6.45, 7) is 4.26. The van der Waals surface area contributed by atoms with Crippen molar-refractivity contribution in [2.45, 2.75) is 39.5 Å². The van der Waals surface area contributed by atoms with E-state index in [-0.39, 0.29) is 0 Å². The van der Waals surface area contributed by atoms with Gasteiger partial charge in [0.05, 0.1) is 0 Å². The molecule has 1 heterocycles. The van der Waals surface area contributed by atoms with Gasteiger partial charge in [-0.25, -0.2) is 0 Å². The molecule has 0 aromatic carbocycles. The highest BCUT2D eigenvalue weighted by molar-refractivity contribution is 5.12. The number of H-pyrrole nitrogens is 1. The topological polar surface area (TPSA) is 28.7 Å². The van der Waals surface area contributed by atoms with E-state index in [2.05, 4.69) is 23.3 Å². The van der Waals surface area contributed by atoms with E-state index in [1.807, 2.05) is 6.92 Å². The lowest BCUT2D eigenvalue weighted by molar-refractivity contribution is 0.703. The first-order chi connectivity index (χ1) is 5.34. The van der Waals surface area contributed by atoms with Crippen LogP contribution in [0.4, 0.5) is 0 Å². The van der Waals surface area contributed by atoms with E-state index in [4.69, 9.17) is 0 Å². The minimum atomic E-state index is 1.12. The number of aromatic nitrogens is 2. The zero-order valence-electron chi connectivity index (χ0n) is 7.28. The number of unbranched alkanes of at least 4 members (excludes halogenated alkanes) is 2. The largest absolute Gasteiger partial charge is 0.282 e. The van der Waals surface area contributed by atoms with Crippen molar-refractivity contribution in [3.05, 3.63) is 17.5 Å². The fraction of sp³-hybridized carbons (Fsp3) is 0.667. The van der Waals surface area contributed by atoms with Gasteiger partial charge in [0.25, 0.3) is 0 Å². The molecule has 0 aliphatic rings. The van der Waals surface area contributed by atoms with Crippen LogP contribution in [0.3, 0.4) is 0 Å². The highest BCUT2D eigenvalue weighted by Crippen LogP contribution is 2.06. The molecule has 0 aliphatic heterocycles. The summed E-state index contributed by atoms with van der Waals surface area (Å²) >= 11 is 0. The minimum absolute atomic E-state index is 1.12. The molecule has 2 nitrogen and oxygen atoms in total. The Morgan fingerprint density at radius 2 is 2.27 bits per heavy atom. The number of hydrogen-bond donors (Lipinski definition) is 1.